The lowest BCUT2D eigenvalue weighted by molar-refractivity contribution is -0.0578. The summed E-state index contributed by atoms with van der Waals surface area (Å²) in [5, 5.41) is 6.78. The molecule has 0 saturated heterocycles. The van der Waals surface area contributed by atoms with Crippen molar-refractivity contribution in [3.05, 3.63) is 30.9 Å². The first-order chi connectivity index (χ1) is 6.43. The Labute approximate surface area is 77.8 Å². The van der Waals surface area contributed by atoms with E-state index in [1.165, 1.54) is 18.5 Å². The predicted molar refractivity (Wildman–Crippen MR) is 44.8 cm³/mol. The lowest BCUT2D eigenvalue weighted by Gasteiger charge is -2.08. The Bertz CT molecular complexity index is 356. The quantitative estimate of drug-likeness (QED) is 0.744. The molecule has 6 heteroatoms. The van der Waals surface area contributed by atoms with E-state index in [1.54, 1.807) is 0 Å². The minimum absolute atomic E-state index is 0.185. The van der Waals surface area contributed by atoms with Gasteiger partial charge in [-0.25, -0.2) is 9.97 Å². The third-order valence-corrected chi connectivity index (χ3v) is 1.42. The highest BCUT2D eigenvalue weighted by Gasteiger charge is 2.36. The Hall–Kier alpha value is -1.72. The SMILES string of the molecule is C=C(C(=N)C(F)(F)F)c1ncccn1. The van der Waals surface area contributed by atoms with Gasteiger partial charge in [-0.3, -0.25) is 5.41 Å². The number of nitrogens with zero attached hydrogens (tertiary/aromatic N) is 2. The van der Waals surface area contributed by atoms with E-state index < -0.39 is 17.5 Å². The zero-order valence-corrected chi connectivity index (χ0v) is 6.97. The second-order valence-corrected chi connectivity index (χ2v) is 2.42. The van der Waals surface area contributed by atoms with Crippen LogP contribution in [0.1, 0.15) is 5.82 Å². The lowest BCUT2D eigenvalue weighted by atomic mass is 10.1. The van der Waals surface area contributed by atoms with Crippen molar-refractivity contribution in [1.82, 2.24) is 9.97 Å². The number of rotatable bonds is 2. The minimum atomic E-state index is -4.71. The normalized spacial score (nSPS) is 11.1. The first-order valence-electron chi connectivity index (χ1n) is 3.55. The molecule has 0 aliphatic rings. The molecule has 0 radical (unpaired) electrons. The molecule has 0 fully saturated rings. The van der Waals surface area contributed by atoms with Crippen LogP contribution in [0, 0.1) is 5.41 Å². The largest absolute Gasteiger partial charge is 0.433 e. The highest BCUT2D eigenvalue weighted by Crippen LogP contribution is 2.23. The summed E-state index contributed by atoms with van der Waals surface area (Å²) < 4.78 is 36.1. The predicted octanol–water partition coefficient (Wildman–Crippen LogP) is 2.07. The maximum absolute atomic E-state index is 12.0. The van der Waals surface area contributed by atoms with Gasteiger partial charge in [-0.1, -0.05) is 6.58 Å². The molecule has 1 aromatic rings. The maximum atomic E-state index is 12.0. The van der Waals surface area contributed by atoms with Crippen molar-refractivity contribution in [3.63, 3.8) is 0 Å². The van der Waals surface area contributed by atoms with Crippen LogP contribution >= 0.6 is 0 Å². The fourth-order valence-corrected chi connectivity index (χ4v) is 0.738. The van der Waals surface area contributed by atoms with Crippen LogP contribution in [-0.4, -0.2) is 21.9 Å². The molecule has 3 nitrogen and oxygen atoms in total. The Balaban J connectivity index is 2.93. The zero-order valence-electron chi connectivity index (χ0n) is 6.97. The van der Waals surface area contributed by atoms with Crippen molar-refractivity contribution in [1.29, 1.82) is 5.41 Å². The summed E-state index contributed by atoms with van der Waals surface area (Å²) in [6.45, 7) is 3.12. The van der Waals surface area contributed by atoms with Gasteiger partial charge < -0.3 is 0 Å². The number of halogens is 3. The second-order valence-electron chi connectivity index (χ2n) is 2.42. The molecular weight excluding hydrogens is 195 g/mol. The monoisotopic (exact) mass is 201 g/mol. The van der Waals surface area contributed by atoms with Gasteiger partial charge in [0.1, 0.15) is 5.71 Å². The first-order valence-corrected chi connectivity index (χ1v) is 3.55. The van der Waals surface area contributed by atoms with Gasteiger partial charge in [0, 0.05) is 18.0 Å². The summed E-state index contributed by atoms with van der Waals surface area (Å²) in [5.41, 5.74) is -2.05. The maximum Gasteiger partial charge on any atom is 0.433 e. The summed E-state index contributed by atoms with van der Waals surface area (Å²) in [4.78, 5) is 7.12. The smallest absolute Gasteiger partial charge is 0.296 e. The number of hydrogen-bond acceptors (Lipinski definition) is 3. The Morgan fingerprint density at radius 3 is 2.21 bits per heavy atom. The fraction of sp³-hybridized carbons (Fsp3) is 0.125. The minimum Gasteiger partial charge on any atom is -0.296 e. The Morgan fingerprint density at radius 2 is 1.79 bits per heavy atom. The number of hydrogen-bond donors (Lipinski definition) is 1. The van der Waals surface area contributed by atoms with Gasteiger partial charge in [0.25, 0.3) is 0 Å². The Kier molecular flexibility index (Phi) is 2.64. The van der Waals surface area contributed by atoms with Crippen LogP contribution < -0.4 is 0 Å². The lowest BCUT2D eigenvalue weighted by Crippen LogP contribution is -2.23. The number of alkyl halides is 3. The summed E-state index contributed by atoms with van der Waals surface area (Å²) >= 11 is 0. The van der Waals surface area contributed by atoms with Gasteiger partial charge >= 0.3 is 6.18 Å². The number of aromatic nitrogens is 2. The molecule has 1 N–H and O–H groups in total. The molecule has 0 spiro atoms. The third-order valence-electron chi connectivity index (χ3n) is 1.42. The van der Waals surface area contributed by atoms with Crippen molar-refractivity contribution in [2.24, 2.45) is 0 Å². The molecule has 0 amide bonds. The van der Waals surface area contributed by atoms with E-state index in [2.05, 4.69) is 16.5 Å². The highest BCUT2D eigenvalue weighted by molar-refractivity contribution is 6.23. The molecule has 0 bridgehead atoms. The molecule has 0 unspecified atom stereocenters. The van der Waals surface area contributed by atoms with E-state index in [0.717, 1.165) is 0 Å². The van der Waals surface area contributed by atoms with E-state index >= 15 is 0 Å². The van der Waals surface area contributed by atoms with Crippen molar-refractivity contribution in [3.8, 4) is 0 Å². The van der Waals surface area contributed by atoms with Gasteiger partial charge in [-0.2, -0.15) is 13.2 Å². The van der Waals surface area contributed by atoms with Crippen molar-refractivity contribution < 1.29 is 13.2 Å². The van der Waals surface area contributed by atoms with Crippen LogP contribution in [0.25, 0.3) is 5.57 Å². The van der Waals surface area contributed by atoms with Gasteiger partial charge in [-0.05, 0) is 6.07 Å². The van der Waals surface area contributed by atoms with E-state index in [9.17, 15) is 13.2 Å². The molecule has 1 rings (SSSR count). The van der Waals surface area contributed by atoms with Crippen LogP contribution in [0.15, 0.2) is 25.0 Å². The summed E-state index contributed by atoms with van der Waals surface area (Å²) in [6, 6.07) is 1.47. The van der Waals surface area contributed by atoms with E-state index in [4.69, 9.17) is 5.41 Å². The van der Waals surface area contributed by atoms with Crippen LogP contribution in [0.3, 0.4) is 0 Å². The molecule has 0 aliphatic carbocycles. The molecule has 1 heterocycles. The average molecular weight is 201 g/mol. The van der Waals surface area contributed by atoms with Gasteiger partial charge in [0.15, 0.2) is 5.82 Å². The molecule has 0 saturated carbocycles. The average Bonchev–Trinajstić information content (AvgIpc) is 2.15. The van der Waals surface area contributed by atoms with Crippen LogP contribution in [-0.2, 0) is 0 Å². The van der Waals surface area contributed by atoms with E-state index in [0.29, 0.717) is 0 Å². The first kappa shape index (κ1) is 10.4. The standard InChI is InChI=1S/C8H6F3N3/c1-5(6(12)8(9,10)11)7-13-3-2-4-14-7/h2-4,12H,1H2. The van der Waals surface area contributed by atoms with Gasteiger partial charge in [0.05, 0.1) is 0 Å². The molecule has 0 aromatic carbocycles. The number of nitrogens with one attached hydrogen (secondary N) is 1. The summed E-state index contributed by atoms with van der Waals surface area (Å²) in [7, 11) is 0. The van der Waals surface area contributed by atoms with Crippen molar-refractivity contribution in [2.75, 3.05) is 0 Å². The van der Waals surface area contributed by atoms with Crippen molar-refractivity contribution in [2.45, 2.75) is 6.18 Å². The third kappa shape index (κ3) is 2.15. The van der Waals surface area contributed by atoms with Crippen LogP contribution in [0.2, 0.25) is 0 Å². The second kappa shape index (κ2) is 3.57. The highest BCUT2D eigenvalue weighted by atomic mass is 19.4. The van der Waals surface area contributed by atoms with Crippen molar-refractivity contribution >= 4 is 11.3 Å². The van der Waals surface area contributed by atoms with Gasteiger partial charge in [0.2, 0.25) is 0 Å². The number of allylic oxidation sites excluding steroid dienone is 1. The molecule has 0 atom stereocenters. The fourth-order valence-electron chi connectivity index (χ4n) is 0.738. The van der Waals surface area contributed by atoms with E-state index in [-0.39, 0.29) is 5.82 Å². The molecule has 1 aromatic heterocycles. The summed E-state index contributed by atoms with van der Waals surface area (Å²) in [6.07, 6.45) is -2.13. The van der Waals surface area contributed by atoms with Crippen LogP contribution in [0.5, 0.6) is 0 Å². The summed E-state index contributed by atoms with van der Waals surface area (Å²) in [5.74, 6) is -0.185. The Morgan fingerprint density at radius 1 is 1.29 bits per heavy atom. The van der Waals surface area contributed by atoms with Gasteiger partial charge in [-0.15, -0.1) is 0 Å². The molecule has 0 aliphatic heterocycles. The zero-order chi connectivity index (χ0) is 10.8. The topological polar surface area (TPSA) is 49.6 Å². The molecule has 74 valence electrons. The molecular formula is C8H6F3N3. The van der Waals surface area contributed by atoms with E-state index in [1.807, 2.05) is 0 Å². The molecule has 14 heavy (non-hydrogen) atoms. The van der Waals surface area contributed by atoms with Crippen LogP contribution in [0.4, 0.5) is 13.2 Å².